The van der Waals surface area contributed by atoms with Gasteiger partial charge in [-0.15, -0.1) is 0 Å². The molecule has 0 aliphatic heterocycles. The fourth-order valence-electron chi connectivity index (χ4n) is 2.23. The molecule has 0 spiro atoms. The Kier molecular flexibility index (Phi) is 5.24. The minimum atomic E-state index is -0.957. The molecule has 0 aliphatic rings. The van der Waals surface area contributed by atoms with Crippen LogP contribution in [0, 0.1) is 0 Å². The highest BCUT2D eigenvalue weighted by atomic mass is 16.6. The van der Waals surface area contributed by atoms with Crippen molar-refractivity contribution >= 4 is 12.1 Å². The number of carboxylic acid groups (broad SMARTS) is 1. The Morgan fingerprint density at radius 3 is 2.25 bits per heavy atom. The fourth-order valence-corrected chi connectivity index (χ4v) is 2.23. The Labute approximate surface area is 141 Å². The first-order valence-electron chi connectivity index (χ1n) is 7.65. The second-order valence-electron chi connectivity index (χ2n) is 6.40. The van der Waals surface area contributed by atoms with Gasteiger partial charge in [0.15, 0.2) is 0 Å². The highest BCUT2D eigenvalue weighted by molar-refractivity contribution is 5.88. The third-order valence-corrected chi connectivity index (χ3v) is 3.28. The number of aromatic carboxylic acids is 1. The van der Waals surface area contributed by atoms with E-state index in [0.29, 0.717) is 6.54 Å². The molecule has 0 fully saturated rings. The minimum absolute atomic E-state index is 0.239. The van der Waals surface area contributed by atoms with E-state index in [-0.39, 0.29) is 5.56 Å². The topological polar surface area (TPSA) is 75.6 Å². The van der Waals surface area contributed by atoms with E-state index >= 15 is 0 Å². The second kappa shape index (κ2) is 7.17. The Morgan fingerprint density at radius 1 is 1.04 bits per heavy atom. The van der Waals surface area contributed by atoms with E-state index in [4.69, 9.17) is 9.84 Å². The number of carbonyl (C=O) groups is 2. The summed E-state index contributed by atoms with van der Waals surface area (Å²) in [6, 6.07) is 14.3. The van der Waals surface area contributed by atoms with Crippen molar-refractivity contribution in [3.8, 4) is 11.1 Å². The minimum Gasteiger partial charge on any atom is -0.478 e. The summed E-state index contributed by atoms with van der Waals surface area (Å²) in [5.74, 6) is -0.957. The summed E-state index contributed by atoms with van der Waals surface area (Å²) < 4.78 is 5.23. The predicted molar refractivity (Wildman–Crippen MR) is 91.9 cm³/mol. The molecule has 0 aliphatic carbocycles. The van der Waals surface area contributed by atoms with Crippen LogP contribution in [0.15, 0.2) is 48.5 Å². The zero-order valence-electron chi connectivity index (χ0n) is 14.0. The summed E-state index contributed by atoms with van der Waals surface area (Å²) in [5.41, 5.74) is 2.44. The van der Waals surface area contributed by atoms with E-state index in [2.05, 4.69) is 5.32 Å². The summed E-state index contributed by atoms with van der Waals surface area (Å²) in [6.45, 7) is 5.76. The molecule has 2 aromatic rings. The average molecular weight is 327 g/mol. The highest BCUT2D eigenvalue weighted by Crippen LogP contribution is 2.24. The molecule has 24 heavy (non-hydrogen) atoms. The molecule has 2 N–H and O–H groups in total. The van der Waals surface area contributed by atoms with Crippen molar-refractivity contribution in [1.29, 1.82) is 0 Å². The number of carbonyl (C=O) groups excluding carboxylic acids is 1. The molecule has 5 heteroatoms. The third kappa shape index (κ3) is 4.84. The van der Waals surface area contributed by atoms with Gasteiger partial charge in [-0.3, -0.25) is 0 Å². The van der Waals surface area contributed by atoms with Crippen LogP contribution in [0.1, 0.15) is 36.7 Å². The van der Waals surface area contributed by atoms with Crippen LogP contribution in [-0.4, -0.2) is 22.8 Å². The largest absolute Gasteiger partial charge is 0.478 e. The molecule has 126 valence electrons. The van der Waals surface area contributed by atoms with Crippen LogP contribution < -0.4 is 5.32 Å². The molecule has 0 radical (unpaired) electrons. The molecule has 0 bridgehead atoms. The van der Waals surface area contributed by atoms with Gasteiger partial charge in [-0.2, -0.15) is 0 Å². The Morgan fingerprint density at radius 2 is 1.67 bits per heavy atom. The van der Waals surface area contributed by atoms with Gasteiger partial charge in [-0.05, 0) is 49.6 Å². The summed E-state index contributed by atoms with van der Waals surface area (Å²) in [6.07, 6.45) is -0.474. The maximum absolute atomic E-state index is 11.8. The lowest BCUT2D eigenvalue weighted by Crippen LogP contribution is -2.32. The van der Waals surface area contributed by atoms with Crippen LogP contribution in [0.4, 0.5) is 4.79 Å². The van der Waals surface area contributed by atoms with Crippen molar-refractivity contribution in [3.05, 3.63) is 59.7 Å². The van der Waals surface area contributed by atoms with Gasteiger partial charge in [0.2, 0.25) is 0 Å². The molecule has 0 unspecified atom stereocenters. The number of rotatable bonds is 4. The van der Waals surface area contributed by atoms with Gasteiger partial charge in [0.05, 0.1) is 5.56 Å². The molecule has 1 amide bonds. The fraction of sp³-hybridized carbons (Fsp3) is 0.263. The summed E-state index contributed by atoms with van der Waals surface area (Å²) >= 11 is 0. The number of hydrogen-bond acceptors (Lipinski definition) is 3. The molecular weight excluding hydrogens is 306 g/mol. The molecule has 0 atom stereocenters. The molecule has 0 saturated heterocycles. The van der Waals surface area contributed by atoms with Crippen LogP contribution in [0.3, 0.4) is 0 Å². The van der Waals surface area contributed by atoms with Gasteiger partial charge in [-0.25, -0.2) is 9.59 Å². The highest BCUT2D eigenvalue weighted by Gasteiger charge is 2.16. The molecule has 2 rings (SSSR count). The molecule has 0 aromatic heterocycles. The van der Waals surface area contributed by atoms with Crippen molar-refractivity contribution in [3.63, 3.8) is 0 Å². The third-order valence-electron chi connectivity index (χ3n) is 3.28. The first kappa shape index (κ1) is 17.5. The normalized spacial score (nSPS) is 11.0. The molecular formula is C19H21NO4. The van der Waals surface area contributed by atoms with Crippen molar-refractivity contribution in [2.45, 2.75) is 32.9 Å². The number of hydrogen-bond donors (Lipinski definition) is 2. The maximum atomic E-state index is 11.8. The lowest BCUT2D eigenvalue weighted by atomic mass is 9.98. The van der Waals surface area contributed by atoms with E-state index in [1.165, 1.54) is 0 Å². The van der Waals surface area contributed by atoms with Gasteiger partial charge >= 0.3 is 12.1 Å². The second-order valence-corrected chi connectivity index (χ2v) is 6.40. The van der Waals surface area contributed by atoms with Crippen molar-refractivity contribution in [2.24, 2.45) is 0 Å². The Hall–Kier alpha value is -2.82. The van der Waals surface area contributed by atoms with Crippen LogP contribution in [0.5, 0.6) is 0 Å². The summed E-state index contributed by atoms with van der Waals surface area (Å²) in [5, 5.41) is 11.7. The van der Waals surface area contributed by atoms with Gasteiger partial charge in [0, 0.05) is 6.54 Å². The number of amides is 1. The molecule has 0 heterocycles. The van der Waals surface area contributed by atoms with Crippen molar-refractivity contribution in [2.75, 3.05) is 0 Å². The smallest absolute Gasteiger partial charge is 0.407 e. The standard InChI is InChI=1S/C19H21NO4/c1-19(2,3)24-18(23)20-12-15-6-4-5-7-16(15)13-8-10-14(11-9-13)17(21)22/h4-11H,12H2,1-3H3,(H,20,23)(H,21,22). The molecule has 5 nitrogen and oxygen atoms in total. The number of benzene rings is 2. The summed E-state index contributed by atoms with van der Waals surface area (Å²) in [7, 11) is 0. The maximum Gasteiger partial charge on any atom is 0.407 e. The van der Waals surface area contributed by atoms with E-state index in [9.17, 15) is 9.59 Å². The molecule has 2 aromatic carbocycles. The van der Waals surface area contributed by atoms with Gasteiger partial charge in [0.25, 0.3) is 0 Å². The molecule has 0 saturated carbocycles. The SMILES string of the molecule is CC(C)(C)OC(=O)NCc1ccccc1-c1ccc(C(=O)O)cc1. The number of carboxylic acids is 1. The zero-order valence-corrected chi connectivity index (χ0v) is 14.0. The van der Waals surface area contributed by atoms with Crippen LogP contribution >= 0.6 is 0 Å². The van der Waals surface area contributed by atoms with Gasteiger partial charge in [0.1, 0.15) is 5.60 Å². The number of ether oxygens (including phenoxy) is 1. The average Bonchev–Trinajstić information content (AvgIpc) is 2.52. The predicted octanol–water partition coefficient (Wildman–Crippen LogP) is 4.08. The van der Waals surface area contributed by atoms with E-state index in [1.54, 1.807) is 24.3 Å². The van der Waals surface area contributed by atoms with Gasteiger partial charge < -0.3 is 15.2 Å². The van der Waals surface area contributed by atoms with Crippen molar-refractivity contribution < 1.29 is 19.4 Å². The lowest BCUT2D eigenvalue weighted by molar-refractivity contribution is 0.0523. The first-order valence-corrected chi connectivity index (χ1v) is 7.65. The van der Waals surface area contributed by atoms with Crippen LogP contribution in [0.2, 0.25) is 0 Å². The monoisotopic (exact) mass is 327 g/mol. The summed E-state index contributed by atoms with van der Waals surface area (Å²) in [4.78, 5) is 22.7. The Bertz CT molecular complexity index is 730. The van der Waals surface area contributed by atoms with Crippen LogP contribution in [-0.2, 0) is 11.3 Å². The number of alkyl carbamates (subject to hydrolysis) is 1. The van der Waals surface area contributed by atoms with Gasteiger partial charge in [-0.1, -0.05) is 36.4 Å². The first-order chi connectivity index (χ1) is 11.3. The quantitative estimate of drug-likeness (QED) is 0.887. The van der Waals surface area contributed by atoms with E-state index in [0.717, 1.165) is 16.7 Å². The Balaban J connectivity index is 2.15. The van der Waals surface area contributed by atoms with Crippen molar-refractivity contribution in [1.82, 2.24) is 5.32 Å². The van der Waals surface area contributed by atoms with E-state index in [1.807, 2.05) is 45.0 Å². The lowest BCUT2D eigenvalue weighted by Gasteiger charge is -2.20. The zero-order chi connectivity index (χ0) is 17.7. The van der Waals surface area contributed by atoms with E-state index < -0.39 is 17.7 Å². The number of nitrogens with one attached hydrogen (secondary N) is 1. The van der Waals surface area contributed by atoms with Crippen LogP contribution in [0.25, 0.3) is 11.1 Å².